The smallest absolute Gasteiger partial charge is 0.253 e. The zero-order valence-electron chi connectivity index (χ0n) is 18.9. The Labute approximate surface area is 180 Å². The lowest BCUT2D eigenvalue weighted by Crippen LogP contribution is -2.55. The van der Waals surface area contributed by atoms with E-state index in [-0.39, 0.29) is 17.7 Å². The van der Waals surface area contributed by atoms with E-state index in [0.29, 0.717) is 25.2 Å². The lowest BCUT2D eigenvalue weighted by molar-refractivity contribution is 0.0389. The number of nitrogens with zero attached hydrogens (tertiary/aromatic N) is 3. The first-order valence-electron chi connectivity index (χ1n) is 11.0. The highest BCUT2D eigenvalue weighted by Crippen LogP contribution is 2.34. The van der Waals surface area contributed by atoms with Crippen LogP contribution in [0, 0.1) is 0 Å². The van der Waals surface area contributed by atoms with Crippen LogP contribution < -0.4 is 0 Å². The van der Waals surface area contributed by atoms with Gasteiger partial charge >= 0.3 is 0 Å². The molecular formula is C25H35N3O2. The van der Waals surface area contributed by atoms with E-state index in [1.54, 1.807) is 6.07 Å². The van der Waals surface area contributed by atoms with Crippen LogP contribution in [-0.2, 0) is 0 Å². The van der Waals surface area contributed by atoms with Crippen molar-refractivity contribution in [3.63, 3.8) is 0 Å². The van der Waals surface area contributed by atoms with Crippen LogP contribution >= 0.6 is 0 Å². The summed E-state index contributed by atoms with van der Waals surface area (Å²) in [4.78, 5) is 19.5. The Kier molecular flexibility index (Phi) is 7.16. The van der Waals surface area contributed by atoms with Gasteiger partial charge < -0.3 is 14.9 Å². The van der Waals surface area contributed by atoms with Crippen molar-refractivity contribution in [3.05, 3.63) is 65.2 Å². The highest BCUT2D eigenvalue weighted by atomic mass is 16.3. The maximum Gasteiger partial charge on any atom is 0.253 e. The van der Waals surface area contributed by atoms with Crippen LogP contribution in [0.3, 0.4) is 0 Å². The molecule has 2 aromatic carbocycles. The van der Waals surface area contributed by atoms with Crippen molar-refractivity contribution >= 4 is 5.91 Å². The molecule has 0 aliphatic carbocycles. The fourth-order valence-corrected chi connectivity index (χ4v) is 4.46. The van der Waals surface area contributed by atoms with Crippen LogP contribution in [0.25, 0.3) is 0 Å². The Morgan fingerprint density at radius 2 is 1.70 bits per heavy atom. The Morgan fingerprint density at radius 1 is 1.03 bits per heavy atom. The third-order valence-electron chi connectivity index (χ3n) is 6.39. The van der Waals surface area contributed by atoms with Crippen molar-refractivity contribution in [2.24, 2.45) is 0 Å². The van der Waals surface area contributed by atoms with Gasteiger partial charge in [-0.25, -0.2) is 0 Å². The molecule has 0 radical (unpaired) electrons. The molecule has 1 aliphatic heterocycles. The normalized spacial score (nSPS) is 21.4. The Balaban J connectivity index is 1.97. The number of likely N-dealkylation sites (N-methyl/N-ethyl adjacent to an activating group) is 1. The van der Waals surface area contributed by atoms with Crippen LogP contribution in [0.15, 0.2) is 48.5 Å². The number of phenols is 1. The van der Waals surface area contributed by atoms with Crippen LogP contribution in [0.2, 0.25) is 0 Å². The van der Waals surface area contributed by atoms with E-state index in [4.69, 9.17) is 0 Å². The van der Waals surface area contributed by atoms with Gasteiger partial charge in [0.15, 0.2) is 0 Å². The van der Waals surface area contributed by atoms with Crippen molar-refractivity contribution in [1.29, 1.82) is 0 Å². The summed E-state index contributed by atoms with van der Waals surface area (Å²) in [6.07, 6.45) is 0. The number of phenolic OH excluding ortho intramolecular Hbond substituents is 1. The molecular weight excluding hydrogens is 374 g/mol. The van der Waals surface area contributed by atoms with Crippen LogP contribution in [-0.4, -0.2) is 71.0 Å². The summed E-state index contributed by atoms with van der Waals surface area (Å²) in [5.41, 5.74) is 2.93. The molecule has 0 aromatic heterocycles. The van der Waals surface area contributed by atoms with Gasteiger partial charge in [0.05, 0.1) is 6.04 Å². The number of amides is 1. The summed E-state index contributed by atoms with van der Waals surface area (Å²) in [5, 5.41) is 10.1. The molecule has 1 amide bonds. The minimum Gasteiger partial charge on any atom is -0.508 e. The molecule has 1 heterocycles. The highest BCUT2D eigenvalue weighted by Gasteiger charge is 2.33. The Bertz CT molecular complexity index is 848. The summed E-state index contributed by atoms with van der Waals surface area (Å²) in [6, 6.07) is 16.4. The van der Waals surface area contributed by atoms with E-state index < -0.39 is 0 Å². The molecule has 1 aliphatic rings. The molecule has 0 bridgehead atoms. The van der Waals surface area contributed by atoms with E-state index in [1.165, 1.54) is 0 Å². The maximum atomic E-state index is 12.7. The van der Waals surface area contributed by atoms with Crippen LogP contribution in [0.5, 0.6) is 5.75 Å². The number of aromatic hydroxyl groups is 1. The monoisotopic (exact) mass is 409 g/mol. The quantitative estimate of drug-likeness (QED) is 0.784. The molecule has 3 rings (SSSR count). The number of rotatable bonds is 6. The van der Waals surface area contributed by atoms with Gasteiger partial charge in [-0.05, 0) is 70.1 Å². The van der Waals surface area contributed by atoms with Crippen LogP contribution in [0.1, 0.15) is 55.2 Å². The molecule has 0 unspecified atom stereocenters. The summed E-state index contributed by atoms with van der Waals surface area (Å²) >= 11 is 0. The minimum absolute atomic E-state index is 0.0286. The molecule has 1 saturated heterocycles. The van der Waals surface area contributed by atoms with Gasteiger partial charge in [-0.2, -0.15) is 0 Å². The molecule has 1 N–H and O–H groups in total. The van der Waals surface area contributed by atoms with Gasteiger partial charge in [0.1, 0.15) is 5.75 Å². The van der Waals surface area contributed by atoms with Crippen molar-refractivity contribution in [2.75, 3.05) is 33.2 Å². The summed E-state index contributed by atoms with van der Waals surface area (Å²) in [5.74, 6) is 0.350. The molecule has 1 fully saturated rings. The molecule has 2 aromatic rings. The second-order valence-electron chi connectivity index (χ2n) is 8.43. The number of hydrogen-bond acceptors (Lipinski definition) is 4. The van der Waals surface area contributed by atoms with Crippen molar-refractivity contribution in [2.45, 2.75) is 45.8 Å². The molecule has 162 valence electrons. The Hall–Kier alpha value is -2.37. The standard InChI is InChI=1S/C25H35N3O2/c1-6-27(7-2)25(30)21-13-11-20(12-14-21)24(22-9-8-10-23(29)15-22)28-17-18(3)26(5)16-19(28)4/h8-15,18-19,24,29H,6-7,16-17H2,1-5H3/t18-,19-,24-/m1/s1. The number of hydrogen-bond donors (Lipinski definition) is 1. The van der Waals surface area contributed by atoms with E-state index in [1.807, 2.05) is 43.0 Å². The predicted octanol–water partition coefficient (Wildman–Crippen LogP) is 3.99. The molecule has 0 spiro atoms. The molecule has 5 heteroatoms. The average molecular weight is 410 g/mol. The molecule has 3 atom stereocenters. The van der Waals surface area contributed by atoms with E-state index in [0.717, 1.165) is 29.8 Å². The maximum absolute atomic E-state index is 12.7. The van der Waals surface area contributed by atoms with Gasteiger partial charge in [-0.15, -0.1) is 0 Å². The largest absolute Gasteiger partial charge is 0.508 e. The highest BCUT2D eigenvalue weighted by molar-refractivity contribution is 5.94. The molecule has 5 nitrogen and oxygen atoms in total. The third kappa shape index (κ3) is 4.68. The second kappa shape index (κ2) is 9.63. The minimum atomic E-state index is 0.0286. The topological polar surface area (TPSA) is 47.0 Å². The van der Waals surface area contributed by atoms with Crippen molar-refractivity contribution in [3.8, 4) is 5.75 Å². The van der Waals surface area contributed by atoms with Crippen molar-refractivity contribution in [1.82, 2.24) is 14.7 Å². The molecule has 0 saturated carbocycles. The fraction of sp³-hybridized carbons (Fsp3) is 0.480. The lowest BCUT2D eigenvalue weighted by Gasteiger charge is -2.46. The zero-order chi connectivity index (χ0) is 21.8. The fourth-order valence-electron chi connectivity index (χ4n) is 4.46. The number of benzene rings is 2. The summed E-state index contributed by atoms with van der Waals surface area (Å²) in [6.45, 7) is 11.9. The van der Waals surface area contributed by atoms with Gasteiger partial charge in [0.2, 0.25) is 0 Å². The van der Waals surface area contributed by atoms with Crippen molar-refractivity contribution < 1.29 is 9.90 Å². The zero-order valence-corrected chi connectivity index (χ0v) is 18.9. The van der Waals surface area contributed by atoms with Gasteiger partial charge in [0.25, 0.3) is 5.91 Å². The van der Waals surface area contributed by atoms with Crippen LogP contribution in [0.4, 0.5) is 0 Å². The average Bonchev–Trinajstić information content (AvgIpc) is 2.73. The number of piperazine rings is 1. The van der Waals surface area contributed by atoms with Gasteiger partial charge in [0, 0.05) is 43.8 Å². The first-order valence-corrected chi connectivity index (χ1v) is 11.0. The summed E-state index contributed by atoms with van der Waals surface area (Å²) in [7, 11) is 2.18. The van der Waals surface area contributed by atoms with Gasteiger partial charge in [-0.1, -0.05) is 24.3 Å². The number of carbonyl (C=O) groups excluding carboxylic acids is 1. The third-order valence-corrected chi connectivity index (χ3v) is 6.39. The van der Waals surface area contributed by atoms with E-state index >= 15 is 0 Å². The van der Waals surface area contributed by atoms with Gasteiger partial charge in [-0.3, -0.25) is 9.69 Å². The number of carbonyl (C=O) groups is 1. The molecule has 30 heavy (non-hydrogen) atoms. The first kappa shape index (κ1) is 22.3. The predicted molar refractivity (Wildman–Crippen MR) is 122 cm³/mol. The van der Waals surface area contributed by atoms with E-state index in [2.05, 4.69) is 48.9 Å². The lowest BCUT2D eigenvalue weighted by atomic mass is 9.93. The Morgan fingerprint density at radius 3 is 2.30 bits per heavy atom. The summed E-state index contributed by atoms with van der Waals surface area (Å²) < 4.78 is 0. The second-order valence-corrected chi connectivity index (χ2v) is 8.43. The van der Waals surface area contributed by atoms with E-state index in [9.17, 15) is 9.90 Å². The first-order chi connectivity index (χ1) is 14.3. The SMILES string of the molecule is CCN(CC)C(=O)c1ccc([C@H](c2cccc(O)c2)N2C[C@@H](C)N(C)C[C@H]2C)cc1.